The van der Waals surface area contributed by atoms with E-state index < -0.39 is 0 Å². The van der Waals surface area contributed by atoms with Crippen LogP contribution in [0.5, 0.6) is 5.88 Å². The second-order valence-electron chi connectivity index (χ2n) is 4.22. The van der Waals surface area contributed by atoms with E-state index in [1.165, 1.54) is 19.3 Å². The van der Waals surface area contributed by atoms with E-state index in [1.54, 1.807) is 13.3 Å². The first-order valence-electron chi connectivity index (χ1n) is 5.57. The van der Waals surface area contributed by atoms with Gasteiger partial charge >= 0.3 is 0 Å². The molecule has 1 fully saturated rings. The molecule has 0 aliphatic heterocycles. The van der Waals surface area contributed by atoms with Crippen molar-refractivity contribution in [1.29, 1.82) is 0 Å². The van der Waals surface area contributed by atoms with Gasteiger partial charge in [0.2, 0.25) is 5.88 Å². The lowest BCUT2D eigenvalue weighted by molar-refractivity contribution is 0.398. The molecule has 2 rings (SSSR count). The lowest BCUT2D eigenvalue weighted by Crippen LogP contribution is -2.22. The third kappa shape index (κ3) is 2.22. The average Bonchev–Trinajstić information content (AvgIpc) is 2.65. The number of ether oxygens (including phenoxy) is 1. The van der Waals surface area contributed by atoms with Gasteiger partial charge in [-0.25, -0.2) is 4.98 Å². The van der Waals surface area contributed by atoms with Crippen molar-refractivity contribution in [3.05, 3.63) is 18.3 Å². The minimum Gasteiger partial charge on any atom is -0.480 e. The predicted octanol–water partition coefficient (Wildman–Crippen LogP) is 2.69. The molecule has 1 heterocycles. The van der Waals surface area contributed by atoms with E-state index in [4.69, 9.17) is 4.74 Å². The summed E-state index contributed by atoms with van der Waals surface area (Å²) in [5.41, 5.74) is 1.01. The van der Waals surface area contributed by atoms with Crippen molar-refractivity contribution in [2.24, 2.45) is 5.92 Å². The molecule has 0 saturated heterocycles. The fourth-order valence-corrected chi connectivity index (χ4v) is 2.22. The maximum absolute atomic E-state index is 5.22. The Bertz CT molecular complexity index is 327. The van der Waals surface area contributed by atoms with Crippen LogP contribution in [0.2, 0.25) is 0 Å². The maximum Gasteiger partial charge on any atom is 0.237 e. The topological polar surface area (TPSA) is 34.1 Å². The number of pyridine rings is 1. The number of anilines is 1. The van der Waals surface area contributed by atoms with E-state index in [1.807, 2.05) is 12.1 Å². The van der Waals surface area contributed by atoms with Crippen LogP contribution >= 0.6 is 0 Å². The Labute approximate surface area is 90.9 Å². The minimum atomic E-state index is 0.572. The van der Waals surface area contributed by atoms with Crippen molar-refractivity contribution < 1.29 is 4.74 Å². The molecule has 1 N–H and O–H groups in total. The summed E-state index contributed by atoms with van der Waals surface area (Å²) < 4.78 is 5.22. The molecule has 1 saturated carbocycles. The Morgan fingerprint density at radius 2 is 2.33 bits per heavy atom. The van der Waals surface area contributed by atoms with Gasteiger partial charge in [-0.3, -0.25) is 0 Å². The Balaban J connectivity index is 2.09. The molecule has 1 aliphatic carbocycles. The van der Waals surface area contributed by atoms with E-state index >= 15 is 0 Å². The zero-order valence-corrected chi connectivity index (χ0v) is 9.36. The van der Waals surface area contributed by atoms with Gasteiger partial charge in [0.05, 0.1) is 12.8 Å². The van der Waals surface area contributed by atoms with E-state index in [9.17, 15) is 0 Å². The van der Waals surface area contributed by atoms with Crippen LogP contribution in [0.15, 0.2) is 18.3 Å². The monoisotopic (exact) mass is 206 g/mol. The predicted molar refractivity (Wildman–Crippen MR) is 61.2 cm³/mol. The quantitative estimate of drug-likeness (QED) is 0.825. The molecule has 3 heteroatoms. The summed E-state index contributed by atoms with van der Waals surface area (Å²) in [6, 6.07) is 4.53. The van der Waals surface area contributed by atoms with Crippen LogP contribution in [0.3, 0.4) is 0 Å². The fraction of sp³-hybridized carbons (Fsp3) is 0.583. The van der Waals surface area contributed by atoms with Crippen LogP contribution in [-0.2, 0) is 0 Å². The Kier molecular flexibility index (Phi) is 3.09. The van der Waals surface area contributed by atoms with Gasteiger partial charge in [0.1, 0.15) is 0 Å². The summed E-state index contributed by atoms with van der Waals surface area (Å²) in [6.07, 6.45) is 5.64. The number of nitrogens with one attached hydrogen (secondary N) is 1. The van der Waals surface area contributed by atoms with E-state index in [-0.39, 0.29) is 0 Å². The first-order valence-corrected chi connectivity index (χ1v) is 5.57. The van der Waals surface area contributed by atoms with Crippen LogP contribution in [0.4, 0.5) is 5.69 Å². The zero-order chi connectivity index (χ0) is 10.7. The molecule has 0 bridgehead atoms. The molecule has 1 aromatic rings. The number of methoxy groups -OCH3 is 1. The molecule has 15 heavy (non-hydrogen) atoms. The minimum absolute atomic E-state index is 0.572. The highest BCUT2D eigenvalue weighted by Gasteiger charge is 2.23. The van der Waals surface area contributed by atoms with Crippen molar-refractivity contribution in [1.82, 2.24) is 4.98 Å². The summed E-state index contributed by atoms with van der Waals surface area (Å²) in [4.78, 5) is 4.18. The molecule has 1 aliphatic rings. The molecular weight excluding hydrogens is 188 g/mol. The highest BCUT2D eigenvalue weighted by molar-refractivity contribution is 5.52. The highest BCUT2D eigenvalue weighted by Crippen LogP contribution is 2.30. The summed E-state index contributed by atoms with van der Waals surface area (Å²) >= 11 is 0. The molecule has 3 nitrogen and oxygen atoms in total. The number of hydrogen-bond donors (Lipinski definition) is 1. The summed E-state index contributed by atoms with van der Waals surface area (Å²) in [6.45, 7) is 2.30. The van der Waals surface area contributed by atoms with Crippen molar-refractivity contribution in [3.8, 4) is 5.88 Å². The number of rotatable bonds is 3. The fourth-order valence-electron chi connectivity index (χ4n) is 2.22. The average molecular weight is 206 g/mol. The summed E-state index contributed by atoms with van der Waals surface area (Å²) in [7, 11) is 1.66. The third-order valence-electron chi connectivity index (χ3n) is 3.17. The third-order valence-corrected chi connectivity index (χ3v) is 3.17. The second kappa shape index (κ2) is 4.51. The van der Waals surface area contributed by atoms with Crippen LogP contribution in [0.25, 0.3) is 0 Å². The number of aromatic nitrogens is 1. The van der Waals surface area contributed by atoms with Crippen molar-refractivity contribution in [2.45, 2.75) is 32.2 Å². The largest absolute Gasteiger partial charge is 0.480 e. The number of hydrogen-bond acceptors (Lipinski definition) is 3. The lowest BCUT2D eigenvalue weighted by atomic mass is 10.1. The maximum atomic E-state index is 5.22. The van der Waals surface area contributed by atoms with Gasteiger partial charge in [-0.1, -0.05) is 13.3 Å². The first kappa shape index (κ1) is 10.3. The van der Waals surface area contributed by atoms with Gasteiger partial charge < -0.3 is 10.1 Å². The second-order valence-corrected chi connectivity index (χ2v) is 4.22. The van der Waals surface area contributed by atoms with Crippen LogP contribution in [-0.4, -0.2) is 18.1 Å². The lowest BCUT2D eigenvalue weighted by Gasteiger charge is -2.19. The Morgan fingerprint density at radius 1 is 1.47 bits per heavy atom. The summed E-state index contributed by atoms with van der Waals surface area (Å²) in [5, 5.41) is 3.52. The Hall–Kier alpha value is -1.25. The number of nitrogens with zero attached hydrogens (tertiary/aromatic N) is 1. The zero-order valence-electron chi connectivity index (χ0n) is 9.36. The molecule has 1 aromatic heterocycles. The van der Waals surface area contributed by atoms with Gasteiger partial charge in [-0.15, -0.1) is 0 Å². The molecular formula is C12H18N2O. The first-order chi connectivity index (χ1) is 7.31. The van der Waals surface area contributed by atoms with Gasteiger partial charge in [0, 0.05) is 12.2 Å². The van der Waals surface area contributed by atoms with Crippen LogP contribution < -0.4 is 10.1 Å². The molecule has 0 spiro atoms. The SMILES string of the molecule is COc1ncccc1N[C@@H]1CCC[C@H]1C. The normalized spacial score (nSPS) is 25.2. The van der Waals surface area contributed by atoms with E-state index in [0.29, 0.717) is 11.9 Å². The van der Waals surface area contributed by atoms with Gasteiger partial charge in [0.25, 0.3) is 0 Å². The van der Waals surface area contributed by atoms with Crippen molar-refractivity contribution in [2.75, 3.05) is 12.4 Å². The molecule has 0 aromatic carbocycles. The van der Waals surface area contributed by atoms with Gasteiger partial charge in [-0.05, 0) is 30.9 Å². The van der Waals surface area contributed by atoms with Crippen LogP contribution in [0, 0.1) is 5.92 Å². The van der Waals surface area contributed by atoms with Crippen LogP contribution in [0.1, 0.15) is 26.2 Å². The molecule has 0 amide bonds. The summed E-state index contributed by atoms with van der Waals surface area (Å²) in [5.74, 6) is 1.44. The Morgan fingerprint density at radius 3 is 3.00 bits per heavy atom. The smallest absolute Gasteiger partial charge is 0.237 e. The highest BCUT2D eigenvalue weighted by atomic mass is 16.5. The standard InChI is InChI=1S/C12H18N2O/c1-9-5-3-6-10(9)14-11-7-4-8-13-12(11)15-2/h4,7-10,14H,3,5-6H2,1-2H3/t9-,10-/m1/s1. The van der Waals surface area contributed by atoms with E-state index in [0.717, 1.165) is 11.6 Å². The van der Waals surface area contributed by atoms with Gasteiger partial charge in [0.15, 0.2) is 0 Å². The molecule has 2 atom stereocenters. The van der Waals surface area contributed by atoms with Gasteiger partial charge in [-0.2, -0.15) is 0 Å². The van der Waals surface area contributed by atoms with Crippen molar-refractivity contribution >= 4 is 5.69 Å². The molecule has 0 unspecified atom stereocenters. The molecule has 82 valence electrons. The van der Waals surface area contributed by atoms with E-state index in [2.05, 4.69) is 17.2 Å². The molecule has 0 radical (unpaired) electrons. The van der Waals surface area contributed by atoms with Crippen molar-refractivity contribution in [3.63, 3.8) is 0 Å².